The van der Waals surface area contributed by atoms with E-state index >= 15 is 0 Å². The largest absolute Gasteiger partial charge is 0.469 e. The third-order valence-corrected chi connectivity index (χ3v) is 3.57. The summed E-state index contributed by atoms with van der Waals surface area (Å²) < 4.78 is 4.78. The van der Waals surface area contributed by atoms with Gasteiger partial charge in [0.1, 0.15) is 5.82 Å². The number of esters is 1. The molecule has 0 unspecified atom stereocenters. The summed E-state index contributed by atoms with van der Waals surface area (Å²) in [5.74, 6) is 1.04. The molecule has 0 radical (unpaired) electrons. The number of carbonyl (C=O) groups excluding carboxylic acids is 1. The Balaban J connectivity index is 2.00. The number of methoxy groups -OCH3 is 1. The first-order valence-electron chi connectivity index (χ1n) is 6.00. The highest BCUT2D eigenvalue weighted by atomic mass is 16.5. The number of hydrogen-bond acceptors (Lipinski definition) is 4. The molecule has 1 aliphatic carbocycles. The Morgan fingerprint density at radius 2 is 2.12 bits per heavy atom. The van der Waals surface area contributed by atoms with Gasteiger partial charge in [-0.2, -0.15) is 0 Å². The lowest BCUT2D eigenvalue weighted by Gasteiger charge is -2.27. The van der Waals surface area contributed by atoms with Crippen LogP contribution in [0.2, 0.25) is 0 Å². The van der Waals surface area contributed by atoms with E-state index in [9.17, 15) is 4.79 Å². The Kier molecular flexibility index (Phi) is 3.61. The second kappa shape index (κ2) is 5.17. The minimum absolute atomic E-state index is 0.0640. The molecule has 1 fully saturated rings. The summed E-state index contributed by atoms with van der Waals surface area (Å²) in [5, 5.41) is 0. The van der Waals surface area contributed by atoms with Crippen molar-refractivity contribution >= 4 is 11.8 Å². The van der Waals surface area contributed by atoms with Crippen molar-refractivity contribution in [1.29, 1.82) is 0 Å². The lowest BCUT2D eigenvalue weighted by atomic mass is 9.79. The van der Waals surface area contributed by atoms with Crippen LogP contribution in [0.4, 0.5) is 5.82 Å². The highest BCUT2D eigenvalue weighted by molar-refractivity contribution is 5.72. The van der Waals surface area contributed by atoms with Gasteiger partial charge < -0.3 is 10.5 Å². The molecule has 92 valence electrons. The maximum atomic E-state index is 11.4. The quantitative estimate of drug-likeness (QED) is 0.796. The fraction of sp³-hybridized carbons (Fsp3) is 0.538. The van der Waals surface area contributed by atoms with Crippen LogP contribution in [-0.4, -0.2) is 18.1 Å². The highest BCUT2D eigenvalue weighted by Gasteiger charge is 2.28. The standard InChI is InChI=1S/C13H18N2O2/c1-17-13(16)10-6-4-9(5-7-10)11-3-2-8-15-12(11)14/h2-3,8-10H,4-7H2,1H3,(H2,14,15). The van der Waals surface area contributed by atoms with Crippen LogP contribution in [0.25, 0.3) is 0 Å². The maximum Gasteiger partial charge on any atom is 0.308 e. The number of hydrogen-bond donors (Lipinski definition) is 1. The summed E-state index contributed by atoms with van der Waals surface area (Å²) >= 11 is 0. The predicted molar refractivity (Wildman–Crippen MR) is 65.4 cm³/mol. The molecule has 1 aromatic heterocycles. The van der Waals surface area contributed by atoms with Crippen molar-refractivity contribution in [2.45, 2.75) is 31.6 Å². The normalized spacial score (nSPS) is 24.3. The summed E-state index contributed by atoms with van der Waals surface area (Å²) in [4.78, 5) is 15.5. The summed E-state index contributed by atoms with van der Waals surface area (Å²) in [5.41, 5.74) is 6.99. The van der Waals surface area contributed by atoms with Crippen molar-refractivity contribution in [3.05, 3.63) is 23.9 Å². The molecular weight excluding hydrogens is 216 g/mol. The third kappa shape index (κ3) is 2.57. The summed E-state index contributed by atoms with van der Waals surface area (Å²) in [6.07, 6.45) is 5.43. The third-order valence-electron chi connectivity index (χ3n) is 3.57. The van der Waals surface area contributed by atoms with Crippen LogP contribution in [0.3, 0.4) is 0 Å². The van der Waals surface area contributed by atoms with E-state index in [4.69, 9.17) is 10.5 Å². The van der Waals surface area contributed by atoms with Gasteiger partial charge in [-0.25, -0.2) is 4.98 Å². The van der Waals surface area contributed by atoms with Gasteiger partial charge in [-0.05, 0) is 43.2 Å². The van der Waals surface area contributed by atoms with Gasteiger partial charge in [-0.15, -0.1) is 0 Å². The molecule has 1 aromatic rings. The van der Waals surface area contributed by atoms with Crippen molar-refractivity contribution in [3.63, 3.8) is 0 Å². The van der Waals surface area contributed by atoms with Crippen molar-refractivity contribution in [1.82, 2.24) is 4.98 Å². The molecule has 17 heavy (non-hydrogen) atoms. The molecule has 0 saturated heterocycles. The van der Waals surface area contributed by atoms with Gasteiger partial charge in [0.05, 0.1) is 13.0 Å². The van der Waals surface area contributed by atoms with Crippen molar-refractivity contribution in [2.75, 3.05) is 12.8 Å². The molecule has 2 rings (SSSR count). The average molecular weight is 234 g/mol. The van der Waals surface area contributed by atoms with Crippen LogP contribution in [0.1, 0.15) is 37.2 Å². The van der Waals surface area contributed by atoms with E-state index in [1.807, 2.05) is 12.1 Å². The number of anilines is 1. The molecule has 1 saturated carbocycles. The Labute approximate surface area is 101 Å². The van der Waals surface area contributed by atoms with Crippen LogP contribution < -0.4 is 5.73 Å². The summed E-state index contributed by atoms with van der Waals surface area (Å²) in [7, 11) is 1.45. The number of carbonyl (C=O) groups is 1. The zero-order valence-electron chi connectivity index (χ0n) is 10.1. The van der Waals surface area contributed by atoms with Gasteiger partial charge >= 0.3 is 5.97 Å². The molecule has 0 aromatic carbocycles. The van der Waals surface area contributed by atoms with Gasteiger partial charge in [0.15, 0.2) is 0 Å². The van der Waals surface area contributed by atoms with Gasteiger partial charge in [-0.3, -0.25) is 4.79 Å². The van der Waals surface area contributed by atoms with E-state index in [1.54, 1.807) is 6.20 Å². The Morgan fingerprint density at radius 1 is 1.41 bits per heavy atom. The van der Waals surface area contributed by atoms with E-state index in [0.29, 0.717) is 11.7 Å². The molecule has 0 amide bonds. The van der Waals surface area contributed by atoms with Gasteiger partial charge in [0, 0.05) is 6.20 Å². The van der Waals surface area contributed by atoms with Crippen molar-refractivity contribution in [2.24, 2.45) is 5.92 Å². The van der Waals surface area contributed by atoms with Crippen LogP contribution in [-0.2, 0) is 9.53 Å². The zero-order chi connectivity index (χ0) is 12.3. The van der Waals surface area contributed by atoms with Crippen LogP contribution in [0.15, 0.2) is 18.3 Å². The fourth-order valence-corrected chi connectivity index (χ4v) is 2.58. The lowest BCUT2D eigenvalue weighted by Crippen LogP contribution is -2.22. The molecule has 4 heteroatoms. The number of aromatic nitrogens is 1. The Morgan fingerprint density at radius 3 is 2.71 bits per heavy atom. The second-order valence-electron chi connectivity index (χ2n) is 4.55. The number of rotatable bonds is 2. The molecule has 4 nitrogen and oxygen atoms in total. The molecule has 1 heterocycles. The van der Waals surface area contributed by atoms with Crippen LogP contribution >= 0.6 is 0 Å². The predicted octanol–water partition coefficient (Wildman–Crippen LogP) is 2.11. The zero-order valence-corrected chi connectivity index (χ0v) is 10.1. The van der Waals surface area contributed by atoms with Gasteiger partial charge in [0.2, 0.25) is 0 Å². The molecule has 1 aliphatic rings. The lowest BCUT2D eigenvalue weighted by molar-refractivity contribution is -0.146. The van der Waals surface area contributed by atoms with Crippen molar-refractivity contribution in [3.8, 4) is 0 Å². The fourth-order valence-electron chi connectivity index (χ4n) is 2.58. The number of nitrogen functional groups attached to an aromatic ring is 1. The average Bonchev–Trinajstić information content (AvgIpc) is 2.39. The number of nitrogens with zero attached hydrogens (tertiary/aromatic N) is 1. The first kappa shape index (κ1) is 11.9. The smallest absolute Gasteiger partial charge is 0.308 e. The highest BCUT2D eigenvalue weighted by Crippen LogP contribution is 2.37. The second-order valence-corrected chi connectivity index (χ2v) is 4.55. The molecule has 0 atom stereocenters. The number of nitrogens with two attached hydrogens (primary N) is 1. The Hall–Kier alpha value is -1.58. The molecular formula is C13H18N2O2. The van der Waals surface area contributed by atoms with E-state index < -0.39 is 0 Å². The van der Waals surface area contributed by atoms with Gasteiger partial charge in [-0.1, -0.05) is 6.07 Å². The van der Waals surface area contributed by atoms with Gasteiger partial charge in [0.25, 0.3) is 0 Å². The molecule has 0 bridgehead atoms. The first-order chi connectivity index (χ1) is 8.22. The minimum atomic E-state index is -0.0809. The summed E-state index contributed by atoms with van der Waals surface area (Å²) in [6.45, 7) is 0. The van der Waals surface area contributed by atoms with Crippen molar-refractivity contribution < 1.29 is 9.53 Å². The summed E-state index contributed by atoms with van der Waals surface area (Å²) in [6, 6.07) is 3.95. The van der Waals surface area contributed by atoms with E-state index in [-0.39, 0.29) is 11.9 Å². The van der Waals surface area contributed by atoms with E-state index in [1.165, 1.54) is 7.11 Å². The molecule has 0 spiro atoms. The topological polar surface area (TPSA) is 65.2 Å². The monoisotopic (exact) mass is 234 g/mol. The minimum Gasteiger partial charge on any atom is -0.469 e. The van der Waals surface area contributed by atoms with E-state index in [0.717, 1.165) is 31.2 Å². The molecule has 0 aliphatic heterocycles. The SMILES string of the molecule is COC(=O)C1CCC(c2cccnc2N)CC1. The molecule has 2 N–H and O–H groups in total. The maximum absolute atomic E-state index is 11.4. The Bertz CT molecular complexity index is 398. The number of pyridine rings is 1. The number of ether oxygens (including phenoxy) is 1. The van der Waals surface area contributed by atoms with E-state index in [2.05, 4.69) is 4.98 Å². The van der Waals surface area contributed by atoms with Crippen LogP contribution in [0, 0.1) is 5.92 Å². The first-order valence-corrected chi connectivity index (χ1v) is 6.00. The van der Waals surface area contributed by atoms with Crippen LogP contribution in [0.5, 0.6) is 0 Å².